The van der Waals surface area contributed by atoms with E-state index in [2.05, 4.69) is 25.8 Å². The van der Waals surface area contributed by atoms with Gasteiger partial charge in [0.2, 0.25) is 5.91 Å². The highest BCUT2D eigenvalue weighted by Gasteiger charge is 2.25. The van der Waals surface area contributed by atoms with Gasteiger partial charge in [-0.1, -0.05) is 55.4 Å². The molecule has 0 aliphatic rings. The average Bonchev–Trinajstić information content (AvgIpc) is 3.52. The number of thiazole rings is 1. The molecule has 0 saturated carbocycles. The molecule has 1 atom stereocenters. The average molecular weight is 566 g/mol. The van der Waals surface area contributed by atoms with Gasteiger partial charge in [0.05, 0.1) is 22.4 Å². The second-order valence-corrected chi connectivity index (χ2v) is 10.9. The summed E-state index contributed by atoms with van der Waals surface area (Å²) in [5, 5.41) is 28.0. The molecule has 0 saturated heterocycles. The summed E-state index contributed by atoms with van der Waals surface area (Å²) in [5.41, 5.74) is 2.74. The van der Waals surface area contributed by atoms with Crippen LogP contribution in [0, 0.1) is 23.0 Å². The summed E-state index contributed by atoms with van der Waals surface area (Å²) >= 11 is 2.45. The van der Waals surface area contributed by atoms with Crippen molar-refractivity contribution in [1.82, 2.24) is 25.1 Å². The lowest BCUT2D eigenvalue weighted by Crippen LogP contribution is -2.33. The molecule has 2 amide bonds. The maximum atomic E-state index is 12.8. The summed E-state index contributed by atoms with van der Waals surface area (Å²) in [6.45, 7) is 5.95. The first-order valence-corrected chi connectivity index (χ1v) is 13.9. The van der Waals surface area contributed by atoms with Gasteiger partial charge in [0.15, 0.2) is 16.1 Å². The lowest BCUT2D eigenvalue weighted by atomic mass is 10.0. The van der Waals surface area contributed by atoms with E-state index in [9.17, 15) is 19.7 Å². The Balaban J connectivity index is 1.37. The molecule has 2 aromatic heterocycles. The van der Waals surface area contributed by atoms with Crippen LogP contribution in [-0.4, -0.2) is 42.2 Å². The van der Waals surface area contributed by atoms with Gasteiger partial charge in [0.1, 0.15) is 0 Å². The van der Waals surface area contributed by atoms with E-state index in [0.29, 0.717) is 32.9 Å². The number of aryl methyl sites for hydroxylation is 1. The minimum absolute atomic E-state index is 0.0278. The van der Waals surface area contributed by atoms with Crippen LogP contribution in [0.15, 0.2) is 59.1 Å². The molecule has 2 aromatic carbocycles. The summed E-state index contributed by atoms with van der Waals surface area (Å²) < 4.78 is 1.78. The zero-order valence-electron chi connectivity index (χ0n) is 21.7. The van der Waals surface area contributed by atoms with Crippen molar-refractivity contribution in [2.75, 3.05) is 11.1 Å². The quantitative estimate of drug-likeness (QED) is 0.155. The molecular formula is C26H27N7O4S2. The standard InChI is InChI=1S/C26H27N7O4S2/c1-15(2)22(29-24(35)17-10-8-16(3)9-11-17)23-30-31-26(32(23)4)39-14-21(34)28-25-27-20(13-38-25)18-6-5-7-19(12-18)33(36)37/h5-13,15,22H,14H2,1-4H3,(H,29,35)(H,27,28,34)/t22-/m0/s1. The molecular weight excluding hydrogens is 538 g/mol. The van der Waals surface area contributed by atoms with Crippen molar-refractivity contribution in [2.24, 2.45) is 13.0 Å². The van der Waals surface area contributed by atoms with Gasteiger partial charge in [-0.05, 0) is 25.0 Å². The number of nitro groups is 1. The highest BCUT2D eigenvalue weighted by atomic mass is 32.2. The van der Waals surface area contributed by atoms with Gasteiger partial charge in [-0.3, -0.25) is 19.7 Å². The Hall–Kier alpha value is -4.10. The Kier molecular flexibility index (Phi) is 8.72. The molecule has 4 rings (SSSR count). The smallest absolute Gasteiger partial charge is 0.270 e. The SMILES string of the molecule is Cc1ccc(C(=O)N[C@H](c2nnc(SCC(=O)Nc3nc(-c4cccc([N+](=O)[O-])c4)cs3)n2C)C(C)C)cc1. The van der Waals surface area contributed by atoms with Gasteiger partial charge in [-0.25, -0.2) is 4.98 Å². The first-order chi connectivity index (χ1) is 18.6. The third-order valence-electron chi connectivity index (χ3n) is 5.85. The number of hydrogen-bond acceptors (Lipinski definition) is 9. The Morgan fingerprint density at radius 2 is 1.90 bits per heavy atom. The van der Waals surface area contributed by atoms with Crippen LogP contribution in [0.1, 0.15) is 41.6 Å². The maximum Gasteiger partial charge on any atom is 0.270 e. The highest BCUT2D eigenvalue weighted by molar-refractivity contribution is 7.99. The molecule has 2 N–H and O–H groups in total. The summed E-state index contributed by atoms with van der Waals surface area (Å²) in [6.07, 6.45) is 0. The molecule has 0 radical (unpaired) electrons. The number of nitro benzene ring substituents is 1. The second kappa shape index (κ2) is 12.2. The number of nitrogens with one attached hydrogen (secondary N) is 2. The van der Waals surface area contributed by atoms with Crippen LogP contribution >= 0.6 is 23.1 Å². The van der Waals surface area contributed by atoms with Crippen molar-refractivity contribution in [2.45, 2.75) is 32.0 Å². The maximum absolute atomic E-state index is 12.8. The Morgan fingerprint density at radius 1 is 1.15 bits per heavy atom. The molecule has 2 heterocycles. The van der Waals surface area contributed by atoms with Crippen LogP contribution in [0.2, 0.25) is 0 Å². The first-order valence-electron chi connectivity index (χ1n) is 12.0. The summed E-state index contributed by atoms with van der Waals surface area (Å²) in [6, 6.07) is 13.1. The molecule has 13 heteroatoms. The largest absolute Gasteiger partial charge is 0.342 e. The molecule has 39 heavy (non-hydrogen) atoms. The minimum atomic E-state index is -0.463. The molecule has 0 aliphatic carbocycles. The number of aromatic nitrogens is 4. The number of thioether (sulfide) groups is 1. The number of hydrogen-bond donors (Lipinski definition) is 2. The second-order valence-electron chi connectivity index (χ2n) is 9.14. The van der Waals surface area contributed by atoms with Gasteiger partial charge in [-0.15, -0.1) is 21.5 Å². The van der Waals surface area contributed by atoms with Gasteiger partial charge in [0.25, 0.3) is 11.6 Å². The lowest BCUT2D eigenvalue weighted by Gasteiger charge is -2.21. The van der Waals surface area contributed by atoms with E-state index in [-0.39, 0.29) is 35.2 Å². The number of anilines is 1. The highest BCUT2D eigenvalue weighted by Crippen LogP contribution is 2.28. The molecule has 0 aliphatic heterocycles. The Labute approximate surface area is 233 Å². The van der Waals surface area contributed by atoms with E-state index in [4.69, 9.17) is 0 Å². The number of rotatable bonds is 10. The third kappa shape index (κ3) is 6.86. The van der Waals surface area contributed by atoms with E-state index in [1.165, 1.54) is 35.2 Å². The monoisotopic (exact) mass is 565 g/mol. The van der Waals surface area contributed by atoms with Crippen molar-refractivity contribution >= 4 is 45.7 Å². The van der Waals surface area contributed by atoms with Crippen molar-refractivity contribution < 1.29 is 14.5 Å². The van der Waals surface area contributed by atoms with Crippen molar-refractivity contribution in [3.8, 4) is 11.3 Å². The van der Waals surface area contributed by atoms with Gasteiger partial charge in [0, 0.05) is 35.7 Å². The van der Waals surface area contributed by atoms with Gasteiger partial charge >= 0.3 is 0 Å². The number of carbonyl (C=O) groups is 2. The number of benzene rings is 2. The third-order valence-corrected chi connectivity index (χ3v) is 7.63. The first kappa shape index (κ1) is 27.9. The fourth-order valence-electron chi connectivity index (χ4n) is 3.71. The fraction of sp³-hybridized carbons (Fsp3) is 0.269. The Bertz CT molecular complexity index is 1500. The van der Waals surface area contributed by atoms with Crippen molar-refractivity contribution in [1.29, 1.82) is 0 Å². The van der Waals surface area contributed by atoms with Gasteiger partial charge < -0.3 is 15.2 Å². The molecule has 4 aromatic rings. The normalized spacial score (nSPS) is 11.8. The number of non-ortho nitro benzene ring substituents is 1. The van der Waals surface area contributed by atoms with E-state index in [0.717, 1.165) is 5.56 Å². The number of amides is 2. The predicted octanol–water partition coefficient (Wildman–Crippen LogP) is 5.01. The predicted molar refractivity (Wildman–Crippen MR) is 151 cm³/mol. The molecule has 0 bridgehead atoms. The minimum Gasteiger partial charge on any atom is -0.342 e. The van der Waals surface area contributed by atoms with Crippen LogP contribution in [0.4, 0.5) is 10.8 Å². The van der Waals surface area contributed by atoms with Crippen LogP contribution < -0.4 is 10.6 Å². The topological polar surface area (TPSA) is 145 Å². The number of nitrogens with zero attached hydrogens (tertiary/aromatic N) is 5. The van der Waals surface area contributed by atoms with E-state index >= 15 is 0 Å². The van der Waals surface area contributed by atoms with Gasteiger partial charge in [-0.2, -0.15) is 0 Å². The molecule has 202 valence electrons. The van der Waals surface area contributed by atoms with E-state index < -0.39 is 4.92 Å². The van der Waals surface area contributed by atoms with Crippen LogP contribution in [-0.2, 0) is 11.8 Å². The number of carbonyl (C=O) groups excluding carboxylic acids is 2. The lowest BCUT2D eigenvalue weighted by molar-refractivity contribution is -0.384. The van der Waals surface area contributed by atoms with Crippen LogP contribution in [0.3, 0.4) is 0 Å². The van der Waals surface area contributed by atoms with Crippen LogP contribution in [0.5, 0.6) is 0 Å². The van der Waals surface area contributed by atoms with E-state index in [1.807, 2.05) is 32.9 Å². The van der Waals surface area contributed by atoms with E-state index in [1.54, 1.807) is 41.3 Å². The molecule has 11 nitrogen and oxygen atoms in total. The Morgan fingerprint density at radius 3 is 2.59 bits per heavy atom. The molecule has 0 spiro atoms. The zero-order valence-corrected chi connectivity index (χ0v) is 23.4. The molecule has 0 fully saturated rings. The van der Waals surface area contributed by atoms with Crippen molar-refractivity contribution in [3.63, 3.8) is 0 Å². The molecule has 0 unspecified atom stereocenters. The summed E-state index contributed by atoms with van der Waals surface area (Å²) in [7, 11) is 1.80. The van der Waals surface area contributed by atoms with Crippen LogP contribution in [0.25, 0.3) is 11.3 Å². The summed E-state index contributed by atoms with van der Waals surface area (Å²) in [4.78, 5) is 40.4. The van der Waals surface area contributed by atoms with Crippen molar-refractivity contribution in [3.05, 3.63) is 81.0 Å². The zero-order chi connectivity index (χ0) is 28.1. The fourth-order valence-corrected chi connectivity index (χ4v) is 5.16. The summed E-state index contributed by atoms with van der Waals surface area (Å²) in [5.74, 6) is 0.235.